The molecular formula is C15H14ClN3O6. The molecule has 0 aliphatic heterocycles. The van der Waals surface area contributed by atoms with Crippen molar-refractivity contribution in [1.29, 1.82) is 0 Å². The number of ether oxygens (including phenoxy) is 1. The molecule has 132 valence electrons. The summed E-state index contributed by atoms with van der Waals surface area (Å²) in [5, 5.41) is 16.6. The normalized spacial score (nSPS) is 11.6. The van der Waals surface area contributed by atoms with E-state index in [1.54, 1.807) is 13.8 Å². The number of hydrogen-bond acceptors (Lipinski definition) is 7. The van der Waals surface area contributed by atoms with E-state index in [0.717, 1.165) is 12.1 Å². The van der Waals surface area contributed by atoms with Gasteiger partial charge in [-0.05, 0) is 19.4 Å². The maximum absolute atomic E-state index is 12.2. The Bertz CT molecular complexity index is 819. The highest BCUT2D eigenvalue weighted by Crippen LogP contribution is 2.23. The van der Waals surface area contributed by atoms with E-state index in [1.807, 2.05) is 0 Å². The fourth-order valence-corrected chi connectivity index (χ4v) is 2.18. The predicted octanol–water partition coefficient (Wildman–Crippen LogP) is 3.12. The van der Waals surface area contributed by atoms with Crippen molar-refractivity contribution in [3.63, 3.8) is 0 Å². The van der Waals surface area contributed by atoms with Crippen LogP contribution in [0.2, 0.25) is 5.02 Å². The molecule has 0 spiro atoms. The molecule has 10 heteroatoms. The van der Waals surface area contributed by atoms with Crippen LogP contribution in [-0.2, 0) is 9.53 Å². The fraction of sp³-hybridized carbons (Fsp3) is 0.267. The number of aromatic nitrogens is 1. The molecule has 1 N–H and O–H groups in total. The molecule has 0 saturated heterocycles. The maximum Gasteiger partial charge on any atom is 0.340 e. The summed E-state index contributed by atoms with van der Waals surface area (Å²) in [5.41, 5.74) is -0.330. The third-order valence-electron chi connectivity index (χ3n) is 3.18. The van der Waals surface area contributed by atoms with Gasteiger partial charge in [-0.15, -0.1) is 0 Å². The van der Waals surface area contributed by atoms with E-state index in [1.165, 1.54) is 12.1 Å². The average Bonchev–Trinajstić information content (AvgIpc) is 2.96. The van der Waals surface area contributed by atoms with Crippen LogP contribution in [0.25, 0.3) is 0 Å². The zero-order valence-electron chi connectivity index (χ0n) is 13.3. The molecule has 1 aromatic heterocycles. The lowest BCUT2D eigenvalue weighted by molar-refractivity contribution is -0.384. The molecule has 0 aliphatic carbocycles. The number of carbonyl (C=O) groups is 2. The number of non-ortho nitro benzene ring substituents is 1. The zero-order valence-corrected chi connectivity index (χ0v) is 14.1. The molecule has 25 heavy (non-hydrogen) atoms. The molecule has 0 bridgehead atoms. The van der Waals surface area contributed by atoms with Crippen LogP contribution < -0.4 is 5.32 Å². The van der Waals surface area contributed by atoms with E-state index in [9.17, 15) is 19.7 Å². The molecular weight excluding hydrogens is 354 g/mol. The van der Waals surface area contributed by atoms with Crippen LogP contribution >= 0.6 is 11.6 Å². The van der Waals surface area contributed by atoms with Gasteiger partial charge in [0.15, 0.2) is 11.9 Å². The van der Waals surface area contributed by atoms with Crippen molar-refractivity contribution in [3.05, 3.63) is 50.7 Å². The number of esters is 1. The van der Waals surface area contributed by atoms with Crippen LogP contribution in [-0.4, -0.2) is 28.1 Å². The maximum atomic E-state index is 12.2. The molecule has 1 aromatic carbocycles. The first-order chi connectivity index (χ1) is 11.8. The number of nitro groups is 1. The topological polar surface area (TPSA) is 125 Å². The van der Waals surface area contributed by atoms with Gasteiger partial charge in [0, 0.05) is 18.2 Å². The summed E-state index contributed by atoms with van der Waals surface area (Å²) in [7, 11) is 0. The molecule has 2 aromatic rings. The third-order valence-corrected chi connectivity index (χ3v) is 3.49. The van der Waals surface area contributed by atoms with Crippen molar-refractivity contribution in [3.8, 4) is 0 Å². The number of benzene rings is 1. The largest absolute Gasteiger partial charge is 0.449 e. The van der Waals surface area contributed by atoms with Crippen LogP contribution in [0.15, 0.2) is 28.8 Å². The van der Waals surface area contributed by atoms with Gasteiger partial charge >= 0.3 is 5.97 Å². The lowest BCUT2D eigenvalue weighted by Gasteiger charge is -2.15. The second kappa shape index (κ2) is 7.75. The Kier molecular flexibility index (Phi) is 5.71. The molecule has 2 rings (SSSR count). The Hall–Kier alpha value is -2.94. The summed E-state index contributed by atoms with van der Waals surface area (Å²) in [6, 6.07) is 4.85. The Morgan fingerprint density at radius 3 is 2.68 bits per heavy atom. The number of anilines is 1. The standard InChI is InChI=1S/C15H14ClN3O6/c1-3-12(14(20)17-13-6-8(2)25-18-13)24-15(21)10-5-4-9(19(22)23)7-11(10)16/h4-7,12H,3H2,1-2H3,(H,17,18,20). The van der Waals surface area contributed by atoms with Crippen molar-refractivity contribution < 1.29 is 23.8 Å². The smallest absolute Gasteiger partial charge is 0.340 e. The van der Waals surface area contributed by atoms with Crippen LogP contribution in [0.1, 0.15) is 29.5 Å². The first kappa shape index (κ1) is 18.4. The molecule has 1 heterocycles. The van der Waals surface area contributed by atoms with Crippen molar-refractivity contribution in [1.82, 2.24) is 5.16 Å². The van der Waals surface area contributed by atoms with Gasteiger partial charge in [-0.25, -0.2) is 4.79 Å². The first-order valence-electron chi connectivity index (χ1n) is 7.21. The van der Waals surface area contributed by atoms with Crippen LogP contribution in [0, 0.1) is 17.0 Å². The van der Waals surface area contributed by atoms with Crippen molar-refractivity contribution in [2.45, 2.75) is 26.4 Å². The van der Waals surface area contributed by atoms with Gasteiger partial charge in [0.1, 0.15) is 5.76 Å². The number of hydrogen-bond donors (Lipinski definition) is 1. The van der Waals surface area contributed by atoms with E-state index < -0.39 is 22.9 Å². The summed E-state index contributed by atoms with van der Waals surface area (Å²) in [6.45, 7) is 3.32. The van der Waals surface area contributed by atoms with Gasteiger partial charge in [-0.3, -0.25) is 14.9 Å². The van der Waals surface area contributed by atoms with E-state index in [2.05, 4.69) is 10.5 Å². The molecule has 0 radical (unpaired) electrons. The quantitative estimate of drug-likeness (QED) is 0.472. The van der Waals surface area contributed by atoms with Crippen LogP contribution in [0.3, 0.4) is 0 Å². The molecule has 1 atom stereocenters. The second-order valence-corrected chi connectivity index (χ2v) is 5.44. The summed E-state index contributed by atoms with van der Waals surface area (Å²) in [5.74, 6) is -0.733. The summed E-state index contributed by atoms with van der Waals surface area (Å²) in [6.07, 6.45) is -0.880. The second-order valence-electron chi connectivity index (χ2n) is 5.04. The third kappa shape index (κ3) is 4.54. The number of nitrogens with one attached hydrogen (secondary N) is 1. The fourth-order valence-electron chi connectivity index (χ4n) is 1.93. The highest BCUT2D eigenvalue weighted by atomic mass is 35.5. The minimum absolute atomic E-state index is 0.0733. The number of halogens is 1. The Labute approximate surface area is 147 Å². The SMILES string of the molecule is CCC(OC(=O)c1ccc([N+](=O)[O-])cc1Cl)C(=O)Nc1cc(C)on1. The van der Waals surface area contributed by atoms with E-state index in [4.69, 9.17) is 20.9 Å². The van der Waals surface area contributed by atoms with Gasteiger partial charge in [-0.1, -0.05) is 23.7 Å². The highest BCUT2D eigenvalue weighted by Gasteiger charge is 2.25. The number of nitro benzene ring substituents is 1. The Morgan fingerprint density at radius 1 is 1.44 bits per heavy atom. The van der Waals surface area contributed by atoms with Crippen LogP contribution in [0.5, 0.6) is 0 Å². The Morgan fingerprint density at radius 2 is 2.16 bits per heavy atom. The molecule has 1 unspecified atom stereocenters. The molecule has 9 nitrogen and oxygen atoms in total. The van der Waals surface area contributed by atoms with E-state index >= 15 is 0 Å². The molecule has 0 aliphatic rings. The summed E-state index contributed by atoms with van der Waals surface area (Å²) < 4.78 is 9.97. The Balaban J connectivity index is 2.08. The van der Waals surface area contributed by atoms with Gasteiger partial charge in [-0.2, -0.15) is 0 Å². The van der Waals surface area contributed by atoms with Gasteiger partial charge in [0.2, 0.25) is 0 Å². The predicted molar refractivity (Wildman–Crippen MR) is 87.5 cm³/mol. The van der Waals surface area contributed by atoms with Crippen LogP contribution in [0.4, 0.5) is 11.5 Å². The average molecular weight is 368 g/mol. The number of nitrogens with zero attached hydrogens (tertiary/aromatic N) is 2. The lowest BCUT2D eigenvalue weighted by Crippen LogP contribution is -2.32. The summed E-state index contributed by atoms with van der Waals surface area (Å²) >= 11 is 5.88. The lowest BCUT2D eigenvalue weighted by atomic mass is 10.2. The summed E-state index contributed by atoms with van der Waals surface area (Å²) in [4.78, 5) is 34.4. The molecule has 1 amide bonds. The van der Waals surface area contributed by atoms with Crippen molar-refractivity contribution >= 4 is 35.0 Å². The van der Waals surface area contributed by atoms with Gasteiger partial charge in [0.05, 0.1) is 15.5 Å². The number of amides is 1. The number of aryl methyl sites for hydroxylation is 1. The first-order valence-corrected chi connectivity index (χ1v) is 7.58. The number of rotatable bonds is 6. The van der Waals surface area contributed by atoms with Gasteiger partial charge < -0.3 is 14.6 Å². The van der Waals surface area contributed by atoms with Crippen molar-refractivity contribution in [2.75, 3.05) is 5.32 Å². The minimum Gasteiger partial charge on any atom is -0.449 e. The van der Waals surface area contributed by atoms with E-state index in [-0.39, 0.29) is 28.5 Å². The van der Waals surface area contributed by atoms with Crippen molar-refractivity contribution in [2.24, 2.45) is 0 Å². The highest BCUT2D eigenvalue weighted by molar-refractivity contribution is 6.33. The minimum atomic E-state index is -1.09. The van der Waals surface area contributed by atoms with E-state index in [0.29, 0.717) is 5.76 Å². The zero-order chi connectivity index (χ0) is 18.6. The molecule has 0 saturated carbocycles. The monoisotopic (exact) mass is 367 g/mol. The number of carbonyl (C=O) groups excluding carboxylic acids is 2. The van der Waals surface area contributed by atoms with Gasteiger partial charge in [0.25, 0.3) is 11.6 Å². The molecule has 0 fully saturated rings.